The molecule has 0 unspecified atom stereocenters. The first-order chi connectivity index (χ1) is 13.8. The number of hydrogen-bond acceptors (Lipinski definition) is 12. The summed E-state index contributed by atoms with van der Waals surface area (Å²) in [7, 11) is 0. The second-order valence-corrected chi connectivity index (χ2v) is 5.08. The van der Waals surface area contributed by atoms with Crippen molar-refractivity contribution in [1.82, 2.24) is 0 Å². The molecular formula is C14H6CuN4O12. The maximum Gasteiger partial charge on any atom is 2.00 e. The van der Waals surface area contributed by atoms with Gasteiger partial charge in [-0.3, -0.25) is 40.5 Å². The Morgan fingerprint density at radius 1 is 0.516 bits per heavy atom. The van der Waals surface area contributed by atoms with Crippen LogP contribution >= 0.6 is 0 Å². The average molecular weight is 486 g/mol. The van der Waals surface area contributed by atoms with E-state index in [9.17, 15) is 60.3 Å². The minimum absolute atomic E-state index is 0. The molecule has 0 aliphatic rings. The predicted octanol–water partition coefficient (Wildman–Crippen LogP) is -0.270. The van der Waals surface area contributed by atoms with E-state index in [4.69, 9.17) is 0 Å². The van der Waals surface area contributed by atoms with Crippen molar-refractivity contribution in [3.05, 3.63) is 88.0 Å². The summed E-state index contributed by atoms with van der Waals surface area (Å²) >= 11 is 0. The van der Waals surface area contributed by atoms with Crippen molar-refractivity contribution in [2.45, 2.75) is 0 Å². The Labute approximate surface area is 179 Å². The molecule has 0 aliphatic carbocycles. The molecule has 16 nitrogen and oxygen atoms in total. The SMILES string of the molecule is O=C([O-])c1cc([N+](=O)[O-])cc([N+](=O)[O-])c1.O=C([O-])c1cc([N+](=O)[O-])cc([N+](=O)[O-])c1.[Cu+2]. The number of carboxylic acids is 2. The van der Waals surface area contributed by atoms with Gasteiger partial charge in [0.05, 0.1) is 43.8 Å². The molecule has 0 atom stereocenters. The van der Waals surface area contributed by atoms with Crippen molar-refractivity contribution in [3.63, 3.8) is 0 Å². The summed E-state index contributed by atoms with van der Waals surface area (Å²) in [5.74, 6) is -3.41. The Morgan fingerprint density at radius 2 is 0.710 bits per heavy atom. The van der Waals surface area contributed by atoms with E-state index in [2.05, 4.69) is 0 Å². The summed E-state index contributed by atoms with van der Waals surface area (Å²) in [5.41, 5.74) is -3.86. The molecule has 0 saturated carbocycles. The third kappa shape index (κ3) is 7.44. The first-order valence-electron chi connectivity index (χ1n) is 7.14. The van der Waals surface area contributed by atoms with Crippen molar-refractivity contribution >= 4 is 34.7 Å². The zero-order valence-electron chi connectivity index (χ0n) is 14.5. The summed E-state index contributed by atoms with van der Waals surface area (Å²) in [6.45, 7) is 0. The van der Waals surface area contributed by atoms with Crippen LogP contribution in [0.5, 0.6) is 0 Å². The van der Waals surface area contributed by atoms with Crippen LogP contribution in [0.15, 0.2) is 36.4 Å². The van der Waals surface area contributed by atoms with Crippen LogP contribution in [0.25, 0.3) is 0 Å². The molecule has 0 fully saturated rings. The fraction of sp³-hybridized carbons (Fsp3) is 0. The van der Waals surface area contributed by atoms with E-state index in [1.807, 2.05) is 0 Å². The van der Waals surface area contributed by atoms with Crippen molar-refractivity contribution < 1.29 is 56.6 Å². The minimum Gasteiger partial charge on any atom is -0.545 e. The van der Waals surface area contributed by atoms with Crippen molar-refractivity contribution in [2.24, 2.45) is 0 Å². The Kier molecular flexibility index (Phi) is 9.30. The zero-order chi connectivity index (χ0) is 23.2. The van der Waals surface area contributed by atoms with Crippen LogP contribution < -0.4 is 10.2 Å². The molecule has 31 heavy (non-hydrogen) atoms. The van der Waals surface area contributed by atoms with Gasteiger partial charge in [0.25, 0.3) is 22.7 Å². The molecule has 165 valence electrons. The molecule has 2 rings (SSSR count). The maximum atomic E-state index is 10.4. The normalized spacial score (nSPS) is 9.29. The molecule has 0 bridgehead atoms. The molecule has 17 heteroatoms. The van der Waals surface area contributed by atoms with E-state index in [1.54, 1.807) is 0 Å². The van der Waals surface area contributed by atoms with E-state index in [0.717, 1.165) is 0 Å². The molecule has 1 radical (unpaired) electrons. The topological polar surface area (TPSA) is 253 Å². The van der Waals surface area contributed by atoms with E-state index in [-0.39, 0.29) is 17.1 Å². The van der Waals surface area contributed by atoms with Gasteiger partial charge in [0, 0.05) is 35.4 Å². The van der Waals surface area contributed by atoms with Gasteiger partial charge < -0.3 is 19.8 Å². The first kappa shape index (κ1) is 26.5. The van der Waals surface area contributed by atoms with E-state index in [0.29, 0.717) is 36.4 Å². The summed E-state index contributed by atoms with van der Waals surface area (Å²) in [6.07, 6.45) is 0. The van der Waals surface area contributed by atoms with Crippen LogP contribution in [0, 0.1) is 40.5 Å². The molecule has 0 heterocycles. The number of carbonyl (C=O) groups is 2. The Hall–Kier alpha value is -4.50. The minimum atomic E-state index is -1.71. The average Bonchev–Trinajstić information content (AvgIpc) is 2.67. The van der Waals surface area contributed by atoms with Crippen LogP contribution in [0.4, 0.5) is 22.7 Å². The number of non-ortho nitro benzene ring substituents is 4. The van der Waals surface area contributed by atoms with Gasteiger partial charge in [-0.25, -0.2) is 0 Å². The van der Waals surface area contributed by atoms with E-state index >= 15 is 0 Å². The number of hydrogen-bond donors (Lipinski definition) is 0. The van der Waals surface area contributed by atoms with Gasteiger partial charge in [-0.15, -0.1) is 0 Å². The van der Waals surface area contributed by atoms with Gasteiger partial charge in [0.15, 0.2) is 0 Å². The maximum absolute atomic E-state index is 10.4. The number of nitro groups is 4. The predicted molar refractivity (Wildman–Crippen MR) is 88.2 cm³/mol. The zero-order valence-corrected chi connectivity index (χ0v) is 15.4. The Morgan fingerprint density at radius 3 is 0.839 bits per heavy atom. The molecule has 0 aliphatic heterocycles. The fourth-order valence-corrected chi connectivity index (χ4v) is 1.85. The van der Waals surface area contributed by atoms with Crippen LogP contribution in [0.2, 0.25) is 0 Å². The van der Waals surface area contributed by atoms with Crippen molar-refractivity contribution in [2.75, 3.05) is 0 Å². The number of rotatable bonds is 6. The Bertz CT molecular complexity index is 843. The van der Waals surface area contributed by atoms with E-state index in [1.165, 1.54) is 0 Å². The Balaban J connectivity index is 0.000000562. The molecule has 0 aromatic heterocycles. The van der Waals surface area contributed by atoms with Gasteiger partial charge in [0.2, 0.25) is 0 Å². The number of benzene rings is 2. The molecule has 0 saturated heterocycles. The van der Waals surface area contributed by atoms with Crippen molar-refractivity contribution in [3.8, 4) is 0 Å². The number of carboxylic acid groups (broad SMARTS) is 2. The van der Waals surface area contributed by atoms with Crippen LogP contribution in [-0.2, 0) is 17.1 Å². The van der Waals surface area contributed by atoms with Crippen molar-refractivity contribution in [1.29, 1.82) is 0 Å². The molecule has 0 spiro atoms. The molecule has 2 aromatic carbocycles. The smallest absolute Gasteiger partial charge is 0.545 e. The standard InChI is InChI=1S/2C7H4N2O6.Cu/c2*10-7(11)4-1-5(8(12)13)3-6(2-4)9(14)15;/h2*1-3H,(H,10,11);/q;;+2/p-2. The second kappa shape index (κ2) is 10.9. The molecule has 0 amide bonds. The molecule has 0 N–H and O–H groups in total. The number of aromatic carboxylic acids is 2. The monoisotopic (exact) mass is 485 g/mol. The largest absolute Gasteiger partial charge is 2.00 e. The summed E-state index contributed by atoms with van der Waals surface area (Å²) in [4.78, 5) is 58.4. The number of carbonyl (C=O) groups excluding carboxylic acids is 2. The third-order valence-corrected chi connectivity index (χ3v) is 3.12. The third-order valence-electron chi connectivity index (χ3n) is 3.12. The summed E-state index contributed by atoms with van der Waals surface area (Å²) < 4.78 is 0. The molecule has 2 aromatic rings. The van der Waals surface area contributed by atoms with Gasteiger partial charge >= 0.3 is 17.1 Å². The summed E-state index contributed by atoms with van der Waals surface area (Å²) in [5, 5.41) is 62.1. The first-order valence-corrected chi connectivity index (χ1v) is 7.14. The fourth-order valence-electron chi connectivity index (χ4n) is 1.85. The molecular weight excluding hydrogens is 480 g/mol. The van der Waals surface area contributed by atoms with Gasteiger partial charge in [-0.2, -0.15) is 0 Å². The van der Waals surface area contributed by atoms with Crippen LogP contribution in [0.3, 0.4) is 0 Å². The van der Waals surface area contributed by atoms with Gasteiger partial charge in [0.1, 0.15) is 0 Å². The second-order valence-electron chi connectivity index (χ2n) is 5.08. The quantitative estimate of drug-likeness (QED) is 0.291. The van der Waals surface area contributed by atoms with Gasteiger partial charge in [-0.05, 0) is 0 Å². The number of nitro benzene ring substituents is 4. The van der Waals surface area contributed by atoms with Gasteiger partial charge in [-0.1, -0.05) is 0 Å². The van der Waals surface area contributed by atoms with E-state index < -0.39 is 65.5 Å². The summed E-state index contributed by atoms with van der Waals surface area (Å²) in [6, 6.07) is 4.13. The number of nitrogens with zero attached hydrogens (tertiary/aromatic N) is 4. The van der Waals surface area contributed by atoms with Crippen LogP contribution in [-0.4, -0.2) is 31.6 Å². The van der Waals surface area contributed by atoms with Crippen LogP contribution in [0.1, 0.15) is 20.7 Å².